The number of aryl methyl sites for hydroxylation is 2. The van der Waals surface area contributed by atoms with Crippen molar-refractivity contribution in [3.05, 3.63) is 30.0 Å². The summed E-state index contributed by atoms with van der Waals surface area (Å²) in [4.78, 5) is 17.7. The minimum Gasteiger partial charge on any atom is -0.372 e. The minimum atomic E-state index is 0.610. The van der Waals surface area contributed by atoms with Crippen LogP contribution in [-0.2, 0) is 12.8 Å². The van der Waals surface area contributed by atoms with Gasteiger partial charge in [0.2, 0.25) is 0 Å². The van der Waals surface area contributed by atoms with E-state index in [1.165, 1.54) is 11.8 Å². The summed E-state index contributed by atoms with van der Waals surface area (Å²) in [5.41, 5.74) is 1.77. The standard InChI is InChI=1S/C13H15N7S/c1-8-4-5-15-13(17-8)21-7-10-18-11(14-2)9-6-16-20(3)12(9)19-10/h4-6H,7H2,1-3H3,(H,14,18,19). The molecule has 0 aliphatic heterocycles. The van der Waals surface area contributed by atoms with Gasteiger partial charge in [-0.3, -0.25) is 4.68 Å². The highest BCUT2D eigenvalue weighted by Crippen LogP contribution is 2.22. The number of fused-ring (bicyclic) bond motifs is 1. The van der Waals surface area contributed by atoms with Gasteiger partial charge < -0.3 is 5.32 Å². The van der Waals surface area contributed by atoms with E-state index < -0.39 is 0 Å². The van der Waals surface area contributed by atoms with Crippen LogP contribution in [0.1, 0.15) is 11.5 Å². The molecule has 0 fully saturated rings. The van der Waals surface area contributed by atoms with Gasteiger partial charge in [0.15, 0.2) is 10.8 Å². The molecule has 1 N–H and O–H groups in total. The molecule has 8 heteroatoms. The molecule has 0 aliphatic rings. The first-order valence-electron chi connectivity index (χ1n) is 6.46. The van der Waals surface area contributed by atoms with Gasteiger partial charge in [-0.25, -0.2) is 19.9 Å². The molecule has 0 unspecified atom stereocenters. The molecular weight excluding hydrogens is 286 g/mol. The Balaban J connectivity index is 1.88. The summed E-state index contributed by atoms with van der Waals surface area (Å²) in [7, 11) is 3.71. The predicted molar refractivity (Wildman–Crippen MR) is 82.2 cm³/mol. The first-order valence-corrected chi connectivity index (χ1v) is 7.45. The smallest absolute Gasteiger partial charge is 0.188 e. The van der Waals surface area contributed by atoms with Crippen molar-refractivity contribution in [3.8, 4) is 0 Å². The third-order valence-corrected chi connectivity index (χ3v) is 3.84. The lowest BCUT2D eigenvalue weighted by molar-refractivity contribution is 0.782. The Morgan fingerprint density at radius 3 is 2.90 bits per heavy atom. The van der Waals surface area contributed by atoms with Crippen LogP contribution in [0.4, 0.5) is 5.82 Å². The molecule has 0 spiro atoms. The van der Waals surface area contributed by atoms with Gasteiger partial charge in [-0.1, -0.05) is 11.8 Å². The summed E-state index contributed by atoms with van der Waals surface area (Å²) in [5, 5.41) is 8.95. The van der Waals surface area contributed by atoms with Gasteiger partial charge in [0.1, 0.15) is 11.6 Å². The molecule has 21 heavy (non-hydrogen) atoms. The van der Waals surface area contributed by atoms with Gasteiger partial charge in [0, 0.05) is 26.0 Å². The largest absolute Gasteiger partial charge is 0.372 e. The fourth-order valence-electron chi connectivity index (χ4n) is 1.95. The second-order valence-corrected chi connectivity index (χ2v) is 5.46. The molecule has 0 atom stereocenters. The van der Waals surface area contributed by atoms with E-state index >= 15 is 0 Å². The van der Waals surface area contributed by atoms with E-state index in [1.54, 1.807) is 17.1 Å². The minimum absolute atomic E-state index is 0.610. The lowest BCUT2D eigenvalue weighted by atomic mass is 10.4. The number of thioether (sulfide) groups is 1. The van der Waals surface area contributed by atoms with E-state index in [1.807, 2.05) is 27.1 Å². The summed E-state index contributed by atoms with van der Waals surface area (Å²) in [6.07, 6.45) is 3.52. The molecule has 0 aromatic carbocycles. The number of anilines is 1. The molecule has 0 bridgehead atoms. The highest BCUT2D eigenvalue weighted by molar-refractivity contribution is 7.98. The molecule has 3 rings (SSSR count). The first kappa shape index (κ1) is 13.7. The van der Waals surface area contributed by atoms with Crippen LogP contribution in [0.25, 0.3) is 11.0 Å². The Kier molecular flexibility index (Phi) is 3.70. The lowest BCUT2D eigenvalue weighted by Gasteiger charge is -2.05. The maximum Gasteiger partial charge on any atom is 0.188 e. The Bertz CT molecular complexity index is 783. The molecule has 3 aromatic rings. The lowest BCUT2D eigenvalue weighted by Crippen LogP contribution is -2.02. The topological polar surface area (TPSA) is 81.4 Å². The summed E-state index contributed by atoms with van der Waals surface area (Å²) in [5.74, 6) is 2.12. The Hall–Kier alpha value is -2.22. The molecule has 3 heterocycles. The maximum atomic E-state index is 4.55. The van der Waals surface area contributed by atoms with Crippen LogP contribution in [0.15, 0.2) is 23.6 Å². The average Bonchev–Trinajstić information content (AvgIpc) is 2.86. The van der Waals surface area contributed by atoms with Crippen LogP contribution in [-0.4, -0.2) is 36.8 Å². The van der Waals surface area contributed by atoms with Crippen molar-refractivity contribution in [2.45, 2.75) is 17.8 Å². The van der Waals surface area contributed by atoms with Crippen molar-refractivity contribution < 1.29 is 0 Å². The highest BCUT2D eigenvalue weighted by Gasteiger charge is 2.11. The normalized spacial score (nSPS) is 11.0. The maximum absolute atomic E-state index is 4.55. The highest BCUT2D eigenvalue weighted by atomic mass is 32.2. The molecule has 108 valence electrons. The van der Waals surface area contributed by atoms with Gasteiger partial charge in [-0.05, 0) is 13.0 Å². The molecule has 0 saturated heterocycles. The van der Waals surface area contributed by atoms with E-state index in [0.717, 1.165) is 33.5 Å². The van der Waals surface area contributed by atoms with Crippen molar-refractivity contribution in [1.82, 2.24) is 29.7 Å². The van der Waals surface area contributed by atoms with Crippen molar-refractivity contribution >= 4 is 28.6 Å². The van der Waals surface area contributed by atoms with Crippen molar-refractivity contribution in [1.29, 1.82) is 0 Å². The molecule has 0 saturated carbocycles. The first-order chi connectivity index (χ1) is 10.2. The average molecular weight is 301 g/mol. The quantitative estimate of drug-likeness (QED) is 0.581. The van der Waals surface area contributed by atoms with Gasteiger partial charge >= 0.3 is 0 Å². The van der Waals surface area contributed by atoms with Crippen LogP contribution in [0.2, 0.25) is 0 Å². The number of aromatic nitrogens is 6. The van der Waals surface area contributed by atoms with E-state index in [0.29, 0.717) is 5.75 Å². The summed E-state index contributed by atoms with van der Waals surface area (Å²) >= 11 is 1.52. The molecule has 3 aromatic heterocycles. The van der Waals surface area contributed by atoms with E-state index in [2.05, 4.69) is 30.4 Å². The fraction of sp³-hybridized carbons (Fsp3) is 0.308. The number of rotatable bonds is 4. The van der Waals surface area contributed by atoms with Crippen molar-refractivity contribution in [2.24, 2.45) is 7.05 Å². The summed E-state index contributed by atoms with van der Waals surface area (Å²) in [6, 6.07) is 1.88. The second-order valence-electron chi connectivity index (χ2n) is 4.51. The van der Waals surface area contributed by atoms with E-state index in [9.17, 15) is 0 Å². The van der Waals surface area contributed by atoms with Crippen molar-refractivity contribution in [3.63, 3.8) is 0 Å². The molecular formula is C13H15N7S. The van der Waals surface area contributed by atoms with E-state index in [4.69, 9.17) is 0 Å². The van der Waals surface area contributed by atoms with Gasteiger partial charge in [0.25, 0.3) is 0 Å². The zero-order chi connectivity index (χ0) is 14.8. The molecule has 0 aliphatic carbocycles. The molecule has 0 amide bonds. The Morgan fingerprint density at radius 1 is 1.29 bits per heavy atom. The summed E-state index contributed by atoms with van der Waals surface area (Å²) < 4.78 is 1.75. The van der Waals surface area contributed by atoms with Crippen molar-refractivity contribution in [2.75, 3.05) is 12.4 Å². The molecule has 0 radical (unpaired) electrons. The van der Waals surface area contributed by atoms with Crippen LogP contribution in [0.3, 0.4) is 0 Å². The van der Waals surface area contributed by atoms with Crippen LogP contribution in [0, 0.1) is 6.92 Å². The number of nitrogens with one attached hydrogen (secondary N) is 1. The number of hydrogen-bond donors (Lipinski definition) is 1. The zero-order valence-corrected chi connectivity index (χ0v) is 12.8. The third kappa shape index (κ3) is 2.80. The summed E-state index contributed by atoms with van der Waals surface area (Å²) in [6.45, 7) is 1.95. The van der Waals surface area contributed by atoms with Gasteiger partial charge in [0.05, 0.1) is 17.3 Å². The Morgan fingerprint density at radius 2 is 2.14 bits per heavy atom. The third-order valence-electron chi connectivity index (χ3n) is 2.98. The van der Waals surface area contributed by atoms with Crippen LogP contribution < -0.4 is 5.32 Å². The van der Waals surface area contributed by atoms with Gasteiger partial charge in [-0.15, -0.1) is 0 Å². The zero-order valence-electron chi connectivity index (χ0n) is 12.0. The fourth-order valence-corrected chi connectivity index (χ4v) is 2.68. The molecule has 7 nitrogen and oxygen atoms in total. The van der Waals surface area contributed by atoms with Gasteiger partial charge in [-0.2, -0.15) is 5.10 Å². The van der Waals surface area contributed by atoms with E-state index in [-0.39, 0.29) is 0 Å². The Labute approximate surface area is 126 Å². The SMILES string of the molecule is CNc1nc(CSc2nccc(C)n2)nc2c1cnn2C. The number of nitrogens with zero attached hydrogens (tertiary/aromatic N) is 6. The second kappa shape index (κ2) is 5.65. The predicted octanol–water partition coefficient (Wildman–Crippen LogP) is 1.80. The van der Waals surface area contributed by atoms with Crippen LogP contribution in [0.5, 0.6) is 0 Å². The monoisotopic (exact) mass is 301 g/mol. The number of hydrogen-bond acceptors (Lipinski definition) is 7. The van der Waals surface area contributed by atoms with Crippen LogP contribution >= 0.6 is 11.8 Å².